The molecule has 0 aromatic carbocycles. The molecule has 98 valence electrons. The summed E-state index contributed by atoms with van der Waals surface area (Å²) in [6.45, 7) is 8.56. The first-order chi connectivity index (χ1) is 8.22. The van der Waals surface area contributed by atoms with Crippen LogP contribution in [0.1, 0.15) is 45.7 Å². The van der Waals surface area contributed by atoms with Crippen molar-refractivity contribution < 1.29 is 0 Å². The Bertz CT molecular complexity index is 316. The minimum absolute atomic E-state index is 0.636. The van der Waals surface area contributed by atoms with E-state index in [4.69, 9.17) is 0 Å². The maximum atomic E-state index is 4.35. The first-order valence-electron chi connectivity index (χ1n) is 6.66. The second-order valence-electron chi connectivity index (χ2n) is 4.34. The Morgan fingerprint density at radius 2 is 2.12 bits per heavy atom. The molecule has 1 aromatic heterocycles. The van der Waals surface area contributed by atoms with Crippen molar-refractivity contribution in [3.63, 3.8) is 0 Å². The molecule has 4 heteroatoms. The fourth-order valence-electron chi connectivity index (χ4n) is 2.21. The van der Waals surface area contributed by atoms with Crippen molar-refractivity contribution >= 4 is 15.9 Å². The summed E-state index contributed by atoms with van der Waals surface area (Å²) in [5.41, 5.74) is 1.33. The maximum absolute atomic E-state index is 4.35. The van der Waals surface area contributed by atoms with Gasteiger partial charge in [-0.1, -0.05) is 20.3 Å². The van der Waals surface area contributed by atoms with Crippen LogP contribution in [0.25, 0.3) is 0 Å². The number of hydrogen-bond acceptors (Lipinski definition) is 2. The molecule has 0 aliphatic heterocycles. The smallest absolute Gasteiger partial charge is 0.0635 e. The molecule has 0 bridgehead atoms. The van der Waals surface area contributed by atoms with Crippen molar-refractivity contribution in [2.24, 2.45) is 0 Å². The lowest BCUT2D eigenvalue weighted by molar-refractivity contribution is 0.451. The van der Waals surface area contributed by atoms with E-state index in [1.807, 2.05) is 6.20 Å². The molecular formula is C13H24BrN3. The zero-order valence-corrected chi connectivity index (χ0v) is 12.8. The van der Waals surface area contributed by atoms with Gasteiger partial charge in [-0.05, 0) is 48.7 Å². The van der Waals surface area contributed by atoms with E-state index in [1.54, 1.807) is 0 Å². The fourth-order valence-corrected chi connectivity index (χ4v) is 2.70. The highest BCUT2D eigenvalue weighted by molar-refractivity contribution is 9.10. The van der Waals surface area contributed by atoms with E-state index in [-0.39, 0.29) is 0 Å². The quantitative estimate of drug-likeness (QED) is 0.798. The van der Waals surface area contributed by atoms with E-state index in [0.717, 1.165) is 24.0 Å². The second kappa shape index (κ2) is 7.88. The van der Waals surface area contributed by atoms with E-state index in [1.165, 1.54) is 25.0 Å². The zero-order chi connectivity index (χ0) is 12.7. The van der Waals surface area contributed by atoms with Crippen molar-refractivity contribution in [1.29, 1.82) is 0 Å². The Morgan fingerprint density at radius 3 is 2.71 bits per heavy atom. The average molecular weight is 302 g/mol. The van der Waals surface area contributed by atoms with Crippen molar-refractivity contribution in [3.8, 4) is 0 Å². The van der Waals surface area contributed by atoms with Crippen molar-refractivity contribution in [1.82, 2.24) is 15.1 Å². The molecule has 17 heavy (non-hydrogen) atoms. The molecule has 0 fully saturated rings. The van der Waals surface area contributed by atoms with Crippen LogP contribution in [-0.2, 0) is 13.0 Å². The van der Waals surface area contributed by atoms with Gasteiger partial charge in [0.05, 0.1) is 16.4 Å². The molecule has 3 nitrogen and oxygen atoms in total. The van der Waals surface area contributed by atoms with E-state index >= 15 is 0 Å². The number of nitrogens with one attached hydrogen (secondary N) is 1. The lowest BCUT2D eigenvalue weighted by Gasteiger charge is -2.17. The van der Waals surface area contributed by atoms with Gasteiger partial charge in [-0.3, -0.25) is 4.68 Å². The molecule has 1 rings (SSSR count). The summed E-state index contributed by atoms with van der Waals surface area (Å²) < 4.78 is 3.23. The van der Waals surface area contributed by atoms with Crippen LogP contribution in [0.4, 0.5) is 0 Å². The first kappa shape index (κ1) is 14.7. The zero-order valence-electron chi connectivity index (χ0n) is 11.2. The molecule has 0 radical (unpaired) electrons. The SMILES string of the molecule is CCCC(CCc1c(Br)cnn1CC)NCC. The van der Waals surface area contributed by atoms with Crippen LogP contribution < -0.4 is 5.32 Å². The van der Waals surface area contributed by atoms with E-state index in [2.05, 4.69) is 51.8 Å². The molecule has 1 N–H and O–H groups in total. The molecule has 1 aromatic rings. The van der Waals surface area contributed by atoms with Gasteiger partial charge in [-0.15, -0.1) is 0 Å². The molecule has 1 atom stereocenters. The first-order valence-corrected chi connectivity index (χ1v) is 7.45. The van der Waals surface area contributed by atoms with E-state index in [9.17, 15) is 0 Å². The van der Waals surface area contributed by atoms with Gasteiger partial charge in [0, 0.05) is 12.6 Å². The Labute approximate surface area is 113 Å². The Balaban J connectivity index is 2.54. The van der Waals surface area contributed by atoms with Crippen LogP contribution in [-0.4, -0.2) is 22.4 Å². The Hall–Kier alpha value is -0.350. The summed E-state index contributed by atoms with van der Waals surface area (Å²) in [7, 11) is 0. The third-order valence-corrected chi connectivity index (χ3v) is 3.72. The molecule has 0 saturated carbocycles. The highest BCUT2D eigenvalue weighted by atomic mass is 79.9. The Kier molecular flexibility index (Phi) is 6.82. The summed E-state index contributed by atoms with van der Waals surface area (Å²) in [6.07, 6.45) is 6.68. The minimum atomic E-state index is 0.636. The van der Waals surface area contributed by atoms with Crippen molar-refractivity contribution in [2.45, 2.75) is 59.0 Å². The number of rotatable bonds is 8. The number of hydrogen-bond donors (Lipinski definition) is 1. The van der Waals surface area contributed by atoms with E-state index in [0.29, 0.717) is 6.04 Å². The number of nitrogens with zero attached hydrogens (tertiary/aromatic N) is 2. The lowest BCUT2D eigenvalue weighted by atomic mass is 10.0. The third-order valence-electron chi connectivity index (χ3n) is 3.06. The highest BCUT2D eigenvalue weighted by Crippen LogP contribution is 2.19. The van der Waals surface area contributed by atoms with Crippen LogP contribution in [0.3, 0.4) is 0 Å². The number of aryl methyl sites for hydroxylation is 1. The van der Waals surface area contributed by atoms with Crippen LogP contribution in [0.5, 0.6) is 0 Å². The molecule has 0 saturated heterocycles. The molecule has 0 aliphatic rings. The maximum Gasteiger partial charge on any atom is 0.0635 e. The molecule has 0 amide bonds. The van der Waals surface area contributed by atoms with Gasteiger partial charge in [0.1, 0.15) is 0 Å². The molecule has 0 spiro atoms. The van der Waals surface area contributed by atoms with Crippen LogP contribution >= 0.6 is 15.9 Å². The number of aromatic nitrogens is 2. The predicted octanol–water partition coefficient (Wildman–Crippen LogP) is 3.38. The molecule has 1 heterocycles. The van der Waals surface area contributed by atoms with Gasteiger partial charge in [0.25, 0.3) is 0 Å². The van der Waals surface area contributed by atoms with Crippen LogP contribution in [0.15, 0.2) is 10.7 Å². The second-order valence-corrected chi connectivity index (χ2v) is 5.19. The summed E-state index contributed by atoms with van der Waals surface area (Å²) in [5, 5.41) is 7.91. The van der Waals surface area contributed by atoms with Gasteiger partial charge in [0.15, 0.2) is 0 Å². The highest BCUT2D eigenvalue weighted by Gasteiger charge is 2.11. The summed E-state index contributed by atoms with van der Waals surface area (Å²) in [6, 6.07) is 0.636. The van der Waals surface area contributed by atoms with E-state index < -0.39 is 0 Å². The summed E-state index contributed by atoms with van der Waals surface area (Å²) >= 11 is 3.58. The average Bonchev–Trinajstić information content (AvgIpc) is 2.67. The lowest BCUT2D eigenvalue weighted by Crippen LogP contribution is -2.29. The third kappa shape index (κ3) is 4.43. The standard InChI is InChI=1S/C13H24BrN3/c1-4-7-11(15-5-2)8-9-13-12(14)10-16-17(13)6-3/h10-11,15H,4-9H2,1-3H3. The van der Waals surface area contributed by atoms with Crippen molar-refractivity contribution in [2.75, 3.05) is 6.54 Å². The van der Waals surface area contributed by atoms with Gasteiger partial charge in [-0.2, -0.15) is 5.10 Å². The normalized spacial score (nSPS) is 12.9. The van der Waals surface area contributed by atoms with Gasteiger partial charge >= 0.3 is 0 Å². The summed E-state index contributed by atoms with van der Waals surface area (Å²) in [5.74, 6) is 0. The monoisotopic (exact) mass is 301 g/mol. The summed E-state index contributed by atoms with van der Waals surface area (Å²) in [4.78, 5) is 0. The predicted molar refractivity (Wildman–Crippen MR) is 76.3 cm³/mol. The van der Waals surface area contributed by atoms with Gasteiger partial charge in [0.2, 0.25) is 0 Å². The van der Waals surface area contributed by atoms with Crippen LogP contribution in [0.2, 0.25) is 0 Å². The molecule has 0 aliphatic carbocycles. The van der Waals surface area contributed by atoms with Gasteiger partial charge < -0.3 is 5.32 Å². The fraction of sp³-hybridized carbons (Fsp3) is 0.769. The minimum Gasteiger partial charge on any atom is -0.314 e. The topological polar surface area (TPSA) is 29.9 Å². The molecular weight excluding hydrogens is 278 g/mol. The largest absolute Gasteiger partial charge is 0.314 e. The van der Waals surface area contributed by atoms with Crippen LogP contribution in [0, 0.1) is 0 Å². The number of halogens is 1. The van der Waals surface area contributed by atoms with Crippen molar-refractivity contribution in [3.05, 3.63) is 16.4 Å². The Morgan fingerprint density at radius 1 is 1.35 bits per heavy atom. The van der Waals surface area contributed by atoms with Gasteiger partial charge in [-0.25, -0.2) is 0 Å². The molecule has 1 unspecified atom stereocenters.